The zero-order valence-corrected chi connectivity index (χ0v) is 12.4. The van der Waals surface area contributed by atoms with Crippen LogP contribution in [0.1, 0.15) is 23.7 Å². The Morgan fingerprint density at radius 2 is 2.00 bits per heavy atom. The molecule has 2 unspecified atom stereocenters. The van der Waals surface area contributed by atoms with Crippen molar-refractivity contribution in [3.8, 4) is 0 Å². The van der Waals surface area contributed by atoms with Crippen molar-refractivity contribution in [2.24, 2.45) is 0 Å². The molecule has 2 atom stereocenters. The van der Waals surface area contributed by atoms with Crippen LogP contribution in [0.15, 0.2) is 12.1 Å². The Bertz CT molecular complexity index is 448. The molecule has 7 heteroatoms. The van der Waals surface area contributed by atoms with E-state index in [2.05, 4.69) is 10.3 Å². The quantitative estimate of drug-likeness (QED) is 0.849. The second-order valence-electron chi connectivity index (χ2n) is 3.94. The molecule has 0 aliphatic rings. The maximum atomic E-state index is 11.9. The molecule has 1 rings (SSSR count). The van der Waals surface area contributed by atoms with Crippen molar-refractivity contribution in [3.05, 3.63) is 28.0 Å². The molecule has 0 aromatic carbocycles. The zero-order valence-electron chi connectivity index (χ0n) is 10.1. The summed E-state index contributed by atoms with van der Waals surface area (Å²) >= 11 is 11.4. The fraction of sp³-hybridized carbons (Fsp3) is 0.455. The minimum absolute atomic E-state index is 0.0629. The Labute approximate surface area is 119 Å². The first kappa shape index (κ1) is 15.4. The molecule has 0 aliphatic heterocycles. The molecule has 100 valence electrons. The van der Waals surface area contributed by atoms with Gasteiger partial charge in [0.25, 0.3) is 5.91 Å². The fourth-order valence-electron chi connectivity index (χ4n) is 1.32. The molecule has 0 bridgehead atoms. The van der Waals surface area contributed by atoms with Gasteiger partial charge in [-0.2, -0.15) is 0 Å². The number of nitrogens with zero attached hydrogens (tertiary/aromatic N) is 1. The standard InChI is InChI=1S/C11H14Cl2N2O2S/c1-7(3-4-18(2)17)14-11(16)8-5-9(12)15-10(13)6-8/h5-7H,3-4H2,1-2H3,(H,14,16). The summed E-state index contributed by atoms with van der Waals surface area (Å²) in [5.41, 5.74) is 0.365. The lowest BCUT2D eigenvalue weighted by molar-refractivity contribution is 0.0939. The molecule has 1 aromatic heterocycles. The third-order valence-corrected chi connectivity index (χ3v) is 3.44. The third-order valence-electron chi connectivity index (χ3n) is 2.24. The van der Waals surface area contributed by atoms with E-state index in [4.69, 9.17) is 23.2 Å². The normalized spacial score (nSPS) is 14.0. The number of aromatic nitrogens is 1. The number of hydrogen-bond acceptors (Lipinski definition) is 3. The summed E-state index contributed by atoms with van der Waals surface area (Å²) in [6.45, 7) is 1.86. The van der Waals surface area contributed by atoms with Crippen LogP contribution < -0.4 is 5.32 Å². The van der Waals surface area contributed by atoms with Gasteiger partial charge in [-0.1, -0.05) is 23.2 Å². The first-order valence-electron chi connectivity index (χ1n) is 5.32. The Kier molecular flexibility index (Phi) is 6.05. The molecular weight excluding hydrogens is 295 g/mol. The predicted octanol–water partition coefficient (Wildman–Crippen LogP) is 2.28. The second kappa shape index (κ2) is 7.07. The van der Waals surface area contributed by atoms with Gasteiger partial charge in [-0.25, -0.2) is 4.98 Å². The predicted molar refractivity (Wildman–Crippen MR) is 74.7 cm³/mol. The number of halogens is 2. The van der Waals surface area contributed by atoms with E-state index in [1.165, 1.54) is 12.1 Å². The molecule has 1 N–H and O–H groups in total. The van der Waals surface area contributed by atoms with E-state index < -0.39 is 10.8 Å². The number of pyridine rings is 1. The summed E-state index contributed by atoms with van der Waals surface area (Å²) in [5, 5.41) is 3.14. The van der Waals surface area contributed by atoms with Crippen LogP contribution in [-0.2, 0) is 10.8 Å². The van der Waals surface area contributed by atoms with E-state index in [0.717, 1.165) is 0 Å². The van der Waals surface area contributed by atoms with E-state index in [0.29, 0.717) is 17.7 Å². The number of nitrogens with one attached hydrogen (secondary N) is 1. The van der Waals surface area contributed by atoms with Crippen molar-refractivity contribution in [3.63, 3.8) is 0 Å². The zero-order chi connectivity index (χ0) is 13.7. The molecule has 0 spiro atoms. The van der Waals surface area contributed by atoms with Crippen LogP contribution >= 0.6 is 23.2 Å². The van der Waals surface area contributed by atoms with Crippen molar-refractivity contribution in [2.45, 2.75) is 19.4 Å². The monoisotopic (exact) mass is 308 g/mol. The highest BCUT2D eigenvalue weighted by Crippen LogP contribution is 2.14. The lowest BCUT2D eigenvalue weighted by atomic mass is 10.2. The van der Waals surface area contributed by atoms with Gasteiger partial charge in [-0.15, -0.1) is 0 Å². The van der Waals surface area contributed by atoms with Gasteiger partial charge in [0.1, 0.15) is 10.3 Å². The highest BCUT2D eigenvalue weighted by molar-refractivity contribution is 7.84. The lowest BCUT2D eigenvalue weighted by Gasteiger charge is -2.13. The molecule has 18 heavy (non-hydrogen) atoms. The number of hydrogen-bond donors (Lipinski definition) is 1. The first-order valence-corrected chi connectivity index (χ1v) is 7.80. The summed E-state index contributed by atoms with van der Waals surface area (Å²) < 4.78 is 10.9. The largest absolute Gasteiger partial charge is 0.350 e. The van der Waals surface area contributed by atoms with Crippen LogP contribution in [0.2, 0.25) is 10.3 Å². The Balaban J connectivity index is 2.61. The lowest BCUT2D eigenvalue weighted by Crippen LogP contribution is -2.33. The van der Waals surface area contributed by atoms with Crippen LogP contribution in [0, 0.1) is 0 Å². The van der Waals surface area contributed by atoms with Gasteiger partial charge in [-0.3, -0.25) is 9.00 Å². The second-order valence-corrected chi connectivity index (χ2v) is 6.27. The SMILES string of the molecule is CC(CCS(C)=O)NC(=O)c1cc(Cl)nc(Cl)c1. The van der Waals surface area contributed by atoms with E-state index in [-0.39, 0.29) is 22.3 Å². The average Bonchev–Trinajstić information content (AvgIpc) is 2.25. The Morgan fingerprint density at radius 1 is 1.44 bits per heavy atom. The summed E-state index contributed by atoms with van der Waals surface area (Å²) in [4.78, 5) is 15.6. The topological polar surface area (TPSA) is 59.1 Å². The van der Waals surface area contributed by atoms with E-state index in [9.17, 15) is 9.00 Å². The molecule has 1 amide bonds. The van der Waals surface area contributed by atoms with Crippen molar-refractivity contribution in [1.82, 2.24) is 10.3 Å². The van der Waals surface area contributed by atoms with Crippen LogP contribution in [-0.4, -0.2) is 33.2 Å². The summed E-state index contributed by atoms with van der Waals surface area (Å²) in [7, 11) is -0.856. The van der Waals surface area contributed by atoms with Gasteiger partial charge in [0.15, 0.2) is 0 Å². The maximum absolute atomic E-state index is 11.9. The molecule has 0 saturated carbocycles. The Morgan fingerprint density at radius 3 is 2.50 bits per heavy atom. The molecule has 0 saturated heterocycles. The van der Waals surface area contributed by atoms with Crippen LogP contribution in [0.4, 0.5) is 0 Å². The molecule has 0 radical (unpaired) electrons. The van der Waals surface area contributed by atoms with Gasteiger partial charge < -0.3 is 5.32 Å². The van der Waals surface area contributed by atoms with Crippen molar-refractivity contribution >= 4 is 39.9 Å². The minimum Gasteiger partial charge on any atom is -0.350 e. The van der Waals surface area contributed by atoms with Gasteiger partial charge >= 0.3 is 0 Å². The number of carbonyl (C=O) groups excluding carboxylic acids is 1. The number of rotatable bonds is 5. The van der Waals surface area contributed by atoms with Crippen molar-refractivity contribution in [1.29, 1.82) is 0 Å². The molecule has 0 fully saturated rings. The summed E-state index contributed by atoms with van der Waals surface area (Å²) in [5.74, 6) is 0.287. The smallest absolute Gasteiger partial charge is 0.251 e. The molecule has 4 nitrogen and oxygen atoms in total. The minimum atomic E-state index is -0.856. The Hall–Kier alpha value is -0.650. The van der Waals surface area contributed by atoms with Gasteiger partial charge in [-0.05, 0) is 25.5 Å². The highest BCUT2D eigenvalue weighted by atomic mass is 35.5. The summed E-state index contributed by atoms with van der Waals surface area (Å²) in [6, 6.07) is 2.84. The van der Waals surface area contributed by atoms with Crippen LogP contribution in [0.3, 0.4) is 0 Å². The summed E-state index contributed by atoms with van der Waals surface area (Å²) in [6.07, 6.45) is 2.29. The van der Waals surface area contributed by atoms with Crippen LogP contribution in [0.25, 0.3) is 0 Å². The third kappa shape index (κ3) is 5.33. The fourth-order valence-corrected chi connectivity index (χ4v) is 2.46. The van der Waals surface area contributed by atoms with Gasteiger partial charge in [0.05, 0.1) is 0 Å². The molecule has 1 heterocycles. The van der Waals surface area contributed by atoms with Gasteiger partial charge in [0.2, 0.25) is 0 Å². The van der Waals surface area contributed by atoms with Crippen molar-refractivity contribution < 1.29 is 9.00 Å². The van der Waals surface area contributed by atoms with Crippen LogP contribution in [0.5, 0.6) is 0 Å². The first-order chi connectivity index (χ1) is 8.38. The van der Waals surface area contributed by atoms with E-state index in [1.807, 2.05) is 6.92 Å². The van der Waals surface area contributed by atoms with E-state index >= 15 is 0 Å². The maximum Gasteiger partial charge on any atom is 0.251 e. The van der Waals surface area contributed by atoms with Gasteiger partial charge in [0, 0.05) is 34.4 Å². The highest BCUT2D eigenvalue weighted by Gasteiger charge is 2.12. The average molecular weight is 309 g/mol. The number of amides is 1. The van der Waals surface area contributed by atoms with Crippen molar-refractivity contribution in [2.75, 3.05) is 12.0 Å². The van der Waals surface area contributed by atoms with E-state index in [1.54, 1.807) is 6.26 Å². The molecule has 0 aliphatic carbocycles. The number of carbonyl (C=O) groups is 1. The molecular formula is C11H14Cl2N2O2S. The molecule has 1 aromatic rings.